The van der Waals surface area contributed by atoms with E-state index in [1.54, 1.807) is 23.5 Å². The van der Waals surface area contributed by atoms with Crippen molar-refractivity contribution in [2.24, 2.45) is 0 Å². The summed E-state index contributed by atoms with van der Waals surface area (Å²) in [4.78, 5) is 21.0. The lowest BCUT2D eigenvalue weighted by Crippen LogP contribution is -2.56. The van der Waals surface area contributed by atoms with Crippen molar-refractivity contribution in [2.45, 2.75) is 50.3 Å². The van der Waals surface area contributed by atoms with Crippen LogP contribution in [0.3, 0.4) is 0 Å². The highest BCUT2D eigenvalue weighted by Gasteiger charge is 2.41. The monoisotopic (exact) mass is 263 g/mol. The van der Waals surface area contributed by atoms with Crippen molar-refractivity contribution in [3.63, 3.8) is 0 Å². The van der Waals surface area contributed by atoms with Gasteiger partial charge in [0.05, 0.1) is 6.20 Å². The molecule has 2 saturated heterocycles. The molecule has 102 valence electrons. The highest BCUT2D eigenvalue weighted by Crippen LogP contribution is 2.35. The second-order valence-electron chi connectivity index (χ2n) is 5.18. The van der Waals surface area contributed by atoms with Crippen LogP contribution in [0.1, 0.15) is 32.1 Å². The van der Waals surface area contributed by atoms with E-state index in [4.69, 9.17) is 4.74 Å². The van der Waals surface area contributed by atoms with Crippen molar-refractivity contribution in [3.05, 3.63) is 18.6 Å². The fraction of sp³-hybridized carbons (Fsp3) is 0.615. The van der Waals surface area contributed by atoms with Gasteiger partial charge in [0, 0.05) is 37.3 Å². The molecular weight excluding hydrogens is 246 g/mol. The van der Waals surface area contributed by atoms with Gasteiger partial charge in [-0.05, 0) is 19.3 Å². The molecular formula is C13H17N3O3. The Morgan fingerprint density at radius 2 is 2.05 bits per heavy atom. The number of carboxylic acid groups (broad SMARTS) is 1. The predicted molar refractivity (Wildman–Crippen MR) is 67.0 cm³/mol. The number of aromatic nitrogens is 2. The highest BCUT2D eigenvalue weighted by molar-refractivity contribution is 5.66. The molecule has 2 aliphatic heterocycles. The van der Waals surface area contributed by atoms with Crippen LogP contribution in [-0.4, -0.2) is 44.3 Å². The van der Waals surface area contributed by atoms with Crippen LogP contribution in [0.5, 0.6) is 5.88 Å². The second-order valence-corrected chi connectivity index (χ2v) is 5.18. The summed E-state index contributed by atoms with van der Waals surface area (Å²) >= 11 is 0. The SMILES string of the molecule is O=C(O)N1[C@@H]2CCC[C@H]1C[C@@H](Oc1cnccn1)C2. The summed E-state index contributed by atoms with van der Waals surface area (Å²) in [6, 6.07) is 0.179. The van der Waals surface area contributed by atoms with Crippen LogP contribution < -0.4 is 4.74 Å². The van der Waals surface area contributed by atoms with Gasteiger partial charge < -0.3 is 14.7 Å². The fourth-order valence-electron chi connectivity index (χ4n) is 3.26. The standard InChI is InChI=1S/C13H17N3O3/c17-13(18)16-9-2-1-3-10(16)7-11(6-9)19-12-8-14-4-5-15-12/h4-5,8-11H,1-3,6-7H2,(H,17,18)/t9-,10+,11+. The molecule has 2 bridgehead atoms. The summed E-state index contributed by atoms with van der Waals surface area (Å²) in [5, 5.41) is 9.28. The Bertz CT molecular complexity index is 440. The molecule has 0 aliphatic carbocycles. The Labute approximate surface area is 111 Å². The Morgan fingerprint density at radius 3 is 2.63 bits per heavy atom. The highest BCUT2D eigenvalue weighted by atomic mass is 16.5. The molecule has 2 aliphatic rings. The van der Waals surface area contributed by atoms with Gasteiger partial charge in [-0.15, -0.1) is 0 Å². The largest absolute Gasteiger partial charge is 0.473 e. The number of fused-ring (bicyclic) bond motifs is 2. The molecule has 1 aromatic rings. The van der Waals surface area contributed by atoms with Crippen LogP contribution in [0.25, 0.3) is 0 Å². The molecule has 3 rings (SSSR count). The zero-order chi connectivity index (χ0) is 13.2. The van der Waals surface area contributed by atoms with E-state index < -0.39 is 6.09 Å². The molecule has 6 nitrogen and oxygen atoms in total. The molecule has 0 radical (unpaired) electrons. The lowest BCUT2D eigenvalue weighted by molar-refractivity contribution is -0.00730. The van der Waals surface area contributed by atoms with Gasteiger partial charge >= 0.3 is 6.09 Å². The number of amides is 1. The Kier molecular flexibility index (Phi) is 3.23. The molecule has 1 N–H and O–H groups in total. The topological polar surface area (TPSA) is 75.5 Å². The molecule has 3 heterocycles. The maximum Gasteiger partial charge on any atom is 0.407 e. The van der Waals surface area contributed by atoms with Gasteiger partial charge in [0.25, 0.3) is 0 Å². The summed E-state index contributed by atoms with van der Waals surface area (Å²) in [5.41, 5.74) is 0. The molecule has 2 fully saturated rings. The average Bonchev–Trinajstić information content (AvgIpc) is 2.38. The quantitative estimate of drug-likeness (QED) is 0.882. The number of ether oxygens (including phenoxy) is 1. The third-order valence-electron chi connectivity index (χ3n) is 3.98. The lowest BCUT2D eigenvalue weighted by atomic mass is 9.83. The van der Waals surface area contributed by atoms with Crippen LogP contribution in [0.15, 0.2) is 18.6 Å². The van der Waals surface area contributed by atoms with Gasteiger partial charge in [-0.25, -0.2) is 9.78 Å². The van der Waals surface area contributed by atoms with Crippen molar-refractivity contribution in [2.75, 3.05) is 0 Å². The van der Waals surface area contributed by atoms with Crippen LogP contribution in [0.2, 0.25) is 0 Å². The summed E-state index contributed by atoms with van der Waals surface area (Å²) in [6.07, 6.45) is 8.52. The van der Waals surface area contributed by atoms with Crippen molar-refractivity contribution in [1.29, 1.82) is 0 Å². The third-order valence-corrected chi connectivity index (χ3v) is 3.98. The fourth-order valence-corrected chi connectivity index (χ4v) is 3.26. The normalized spacial score (nSPS) is 29.9. The smallest absolute Gasteiger partial charge is 0.407 e. The van der Waals surface area contributed by atoms with Gasteiger partial charge in [-0.3, -0.25) is 4.98 Å². The van der Waals surface area contributed by atoms with Crippen LogP contribution in [0.4, 0.5) is 4.79 Å². The maximum atomic E-state index is 11.3. The van der Waals surface area contributed by atoms with E-state index in [1.165, 1.54) is 0 Å². The zero-order valence-corrected chi connectivity index (χ0v) is 10.6. The van der Waals surface area contributed by atoms with Gasteiger partial charge in [0.15, 0.2) is 0 Å². The first-order chi connectivity index (χ1) is 9.24. The van der Waals surface area contributed by atoms with Gasteiger partial charge in [-0.1, -0.05) is 0 Å². The Hall–Kier alpha value is -1.85. The van der Waals surface area contributed by atoms with Crippen LogP contribution >= 0.6 is 0 Å². The van der Waals surface area contributed by atoms with E-state index >= 15 is 0 Å². The van der Waals surface area contributed by atoms with Crippen molar-refractivity contribution >= 4 is 6.09 Å². The number of hydrogen-bond donors (Lipinski definition) is 1. The molecule has 0 spiro atoms. The van der Waals surface area contributed by atoms with E-state index in [0.29, 0.717) is 5.88 Å². The van der Waals surface area contributed by atoms with E-state index in [1.807, 2.05) is 0 Å². The Balaban J connectivity index is 1.69. The number of hydrogen-bond acceptors (Lipinski definition) is 4. The molecule has 0 unspecified atom stereocenters. The van der Waals surface area contributed by atoms with Crippen molar-refractivity contribution < 1.29 is 14.6 Å². The molecule has 1 amide bonds. The number of nitrogens with zero attached hydrogens (tertiary/aromatic N) is 3. The minimum Gasteiger partial charge on any atom is -0.473 e. The van der Waals surface area contributed by atoms with Crippen LogP contribution in [0, 0.1) is 0 Å². The second kappa shape index (κ2) is 5.03. The molecule has 3 atom stereocenters. The summed E-state index contributed by atoms with van der Waals surface area (Å²) < 4.78 is 5.83. The number of piperidine rings is 2. The van der Waals surface area contributed by atoms with Gasteiger partial charge in [0.2, 0.25) is 5.88 Å². The average molecular weight is 263 g/mol. The molecule has 1 aromatic heterocycles. The van der Waals surface area contributed by atoms with E-state index in [-0.39, 0.29) is 18.2 Å². The minimum atomic E-state index is -0.798. The first kappa shape index (κ1) is 12.2. The van der Waals surface area contributed by atoms with Gasteiger partial charge in [0.1, 0.15) is 6.10 Å². The summed E-state index contributed by atoms with van der Waals surface area (Å²) in [5.74, 6) is 0.523. The zero-order valence-electron chi connectivity index (χ0n) is 10.6. The van der Waals surface area contributed by atoms with Crippen LogP contribution in [-0.2, 0) is 0 Å². The third kappa shape index (κ3) is 2.47. The van der Waals surface area contributed by atoms with E-state index in [0.717, 1.165) is 32.1 Å². The summed E-state index contributed by atoms with van der Waals surface area (Å²) in [6.45, 7) is 0. The van der Waals surface area contributed by atoms with Crippen molar-refractivity contribution in [1.82, 2.24) is 14.9 Å². The minimum absolute atomic E-state index is 0.0441. The first-order valence-corrected chi connectivity index (χ1v) is 6.68. The predicted octanol–water partition coefficient (Wildman–Crippen LogP) is 1.92. The van der Waals surface area contributed by atoms with E-state index in [9.17, 15) is 9.90 Å². The maximum absolute atomic E-state index is 11.3. The van der Waals surface area contributed by atoms with Gasteiger partial charge in [-0.2, -0.15) is 0 Å². The summed E-state index contributed by atoms with van der Waals surface area (Å²) in [7, 11) is 0. The first-order valence-electron chi connectivity index (χ1n) is 6.68. The molecule has 0 saturated carbocycles. The Morgan fingerprint density at radius 1 is 1.32 bits per heavy atom. The molecule has 19 heavy (non-hydrogen) atoms. The van der Waals surface area contributed by atoms with E-state index in [2.05, 4.69) is 9.97 Å². The van der Waals surface area contributed by atoms with Crippen molar-refractivity contribution in [3.8, 4) is 5.88 Å². The number of rotatable bonds is 2. The number of carbonyl (C=O) groups is 1. The lowest BCUT2D eigenvalue weighted by Gasteiger charge is -2.46. The molecule has 0 aromatic carbocycles. The molecule has 6 heteroatoms.